The highest BCUT2D eigenvalue weighted by atomic mass is 79.9. The van der Waals surface area contributed by atoms with Crippen LogP contribution in [0.25, 0.3) is 0 Å². The Hall–Kier alpha value is -1.10. The maximum Gasteiger partial charge on any atom is 0.219 e. The molecule has 0 bridgehead atoms. The second kappa shape index (κ2) is 6.89. The van der Waals surface area contributed by atoms with Gasteiger partial charge in [-0.1, -0.05) is 40.5 Å². The fourth-order valence-electron chi connectivity index (χ4n) is 1.54. The summed E-state index contributed by atoms with van der Waals surface area (Å²) in [4.78, 5) is 4.40. The van der Waals surface area contributed by atoms with Gasteiger partial charge in [-0.3, -0.25) is 0 Å². The van der Waals surface area contributed by atoms with Crippen molar-refractivity contribution in [2.75, 3.05) is 6.54 Å². The minimum Gasteiger partial charge on any atom is -0.439 e. The summed E-state index contributed by atoms with van der Waals surface area (Å²) in [6, 6.07) is 11.2. The number of rotatable bonds is 5. The average molecular weight is 342 g/mol. The molecule has 3 nitrogen and oxygen atoms in total. The van der Waals surface area contributed by atoms with Gasteiger partial charge >= 0.3 is 0 Å². The molecule has 1 aromatic heterocycles. The Morgan fingerprint density at radius 1 is 1.32 bits per heavy atom. The summed E-state index contributed by atoms with van der Waals surface area (Å²) in [5.74, 6) is 1.27. The van der Waals surface area contributed by atoms with Crippen LogP contribution in [-0.4, -0.2) is 11.5 Å². The predicted octanol–water partition coefficient (Wildman–Crippen LogP) is 4.40. The molecule has 0 fully saturated rings. The van der Waals surface area contributed by atoms with E-state index in [0.29, 0.717) is 17.4 Å². The van der Waals surface area contributed by atoms with Crippen molar-refractivity contribution in [3.8, 4) is 11.6 Å². The fraction of sp³-hybridized carbons (Fsp3) is 0.214. The van der Waals surface area contributed by atoms with E-state index >= 15 is 0 Å². The van der Waals surface area contributed by atoms with Gasteiger partial charge in [0.2, 0.25) is 5.88 Å². The van der Waals surface area contributed by atoms with Crippen molar-refractivity contribution >= 4 is 27.5 Å². The van der Waals surface area contributed by atoms with Crippen molar-refractivity contribution in [3.05, 3.63) is 51.6 Å². The Labute approximate surface area is 126 Å². The summed E-state index contributed by atoms with van der Waals surface area (Å²) < 4.78 is 6.67. The van der Waals surface area contributed by atoms with Crippen LogP contribution in [0.15, 0.2) is 40.9 Å². The van der Waals surface area contributed by atoms with Crippen LogP contribution in [0, 0.1) is 0 Å². The molecule has 1 N–H and O–H groups in total. The Bertz CT molecular complexity index is 563. The molecule has 2 aromatic rings. The van der Waals surface area contributed by atoms with Crippen LogP contribution in [0.1, 0.15) is 12.6 Å². The van der Waals surface area contributed by atoms with Crippen LogP contribution in [0.4, 0.5) is 0 Å². The van der Waals surface area contributed by atoms with E-state index in [-0.39, 0.29) is 0 Å². The van der Waals surface area contributed by atoms with Gasteiger partial charge in [-0.25, -0.2) is 4.98 Å². The van der Waals surface area contributed by atoms with Crippen LogP contribution < -0.4 is 10.1 Å². The normalized spacial score (nSPS) is 10.5. The van der Waals surface area contributed by atoms with Gasteiger partial charge in [0.15, 0.2) is 0 Å². The van der Waals surface area contributed by atoms with E-state index in [1.165, 1.54) is 0 Å². The van der Waals surface area contributed by atoms with Gasteiger partial charge in [0.25, 0.3) is 0 Å². The summed E-state index contributed by atoms with van der Waals surface area (Å²) in [7, 11) is 0. The van der Waals surface area contributed by atoms with Gasteiger partial charge in [-0.05, 0) is 30.8 Å². The molecule has 100 valence electrons. The molecule has 2 rings (SSSR count). The van der Waals surface area contributed by atoms with E-state index in [4.69, 9.17) is 16.3 Å². The van der Waals surface area contributed by atoms with E-state index in [1.54, 1.807) is 12.1 Å². The number of aromatic nitrogens is 1. The van der Waals surface area contributed by atoms with E-state index in [1.807, 2.05) is 31.2 Å². The first-order chi connectivity index (χ1) is 9.19. The lowest BCUT2D eigenvalue weighted by Gasteiger charge is -2.08. The summed E-state index contributed by atoms with van der Waals surface area (Å²) in [5, 5.41) is 3.84. The van der Waals surface area contributed by atoms with Gasteiger partial charge in [-0.15, -0.1) is 0 Å². The number of nitrogens with zero attached hydrogens (tertiary/aromatic N) is 1. The molecule has 19 heavy (non-hydrogen) atoms. The number of pyridine rings is 1. The second-order valence-electron chi connectivity index (χ2n) is 3.92. The summed E-state index contributed by atoms with van der Waals surface area (Å²) in [6.07, 6.45) is 0. The van der Waals surface area contributed by atoms with E-state index in [9.17, 15) is 0 Å². The molecule has 0 amide bonds. The Morgan fingerprint density at radius 2 is 2.16 bits per heavy atom. The zero-order chi connectivity index (χ0) is 13.7. The largest absolute Gasteiger partial charge is 0.439 e. The lowest BCUT2D eigenvalue weighted by molar-refractivity contribution is 0.459. The molecule has 1 heterocycles. The number of hydrogen-bond donors (Lipinski definition) is 1. The summed E-state index contributed by atoms with van der Waals surface area (Å²) in [5.41, 5.74) is 0.788. The number of halogens is 2. The van der Waals surface area contributed by atoms with E-state index < -0.39 is 0 Å². The molecule has 0 unspecified atom stereocenters. The quantitative estimate of drug-likeness (QED) is 0.875. The second-order valence-corrected chi connectivity index (χ2v) is 5.24. The van der Waals surface area contributed by atoms with Crippen molar-refractivity contribution in [3.63, 3.8) is 0 Å². The highest BCUT2D eigenvalue weighted by molar-refractivity contribution is 9.10. The first-order valence-electron chi connectivity index (χ1n) is 5.98. The molecule has 0 aliphatic heterocycles. The Balaban J connectivity index is 2.16. The number of nitrogens with one attached hydrogen (secondary N) is 1. The molecule has 5 heteroatoms. The summed E-state index contributed by atoms with van der Waals surface area (Å²) in [6.45, 7) is 3.54. The highest BCUT2D eigenvalue weighted by Crippen LogP contribution is 2.25. The highest BCUT2D eigenvalue weighted by Gasteiger charge is 2.05. The number of ether oxygens (including phenoxy) is 1. The maximum absolute atomic E-state index is 6.09. The van der Waals surface area contributed by atoms with E-state index in [0.717, 1.165) is 22.5 Å². The monoisotopic (exact) mass is 340 g/mol. The van der Waals surface area contributed by atoms with Crippen molar-refractivity contribution in [1.82, 2.24) is 10.3 Å². The Morgan fingerprint density at radius 3 is 2.89 bits per heavy atom. The first kappa shape index (κ1) is 14.3. The lowest BCUT2D eigenvalue weighted by Crippen LogP contribution is -2.13. The predicted molar refractivity (Wildman–Crippen MR) is 80.8 cm³/mol. The third-order valence-corrected chi connectivity index (χ3v) is 3.29. The van der Waals surface area contributed by atoms with E-state index in [2.05, 4.69) is 26.2 Å². The minimum atomic E-state index is 0.537. The first-order valence-corrected chi connectivity index (χ1v) is 7.15. The van der Waals surface area contributed by atoms with Crippen molar-refractivity contribution in [2.24, 2.45) is 0 Å². The molecule has 0 aliphatic rings. The van der Waals surface area contributed by atoms with Crippen LogP contribution in [0.5, 0.6) is 11.6 Å². The summed E-state index contributed by atoms with van der Waals surface area (Å²) >= 11 is 9.50. The molecule has 0 saturated heterocycles. The Kier molecular flexibility index (Phi) is 5.19. The molecular weight excluding hydrogens is 328 g/mol. The standard InChI is InChI=1S/C14H14BrClN2O/c1-2-17-9-13-12(16)6-7-14(18-13)19-11-5-3-4-10(15)8-11/h3-8,17H,2,9H2,1H3. The van der Waals surface area contributed by atoms with Crippen molar-refractivity contribution < 1.29 is 4.74 Å². The third-order valence-electron chi connectivity index (χ3n) is 2.45. The fourth-order valence-corrected chi connectivity index (χ4v) is 2.09. The molecule has 0 atom stereocenters. The van der Waals surface area contributed by atoms with Crippen LogP contribution in [0.3, 0.4) is 0 Å². The number of hydrogen-bond acceptors (Lipinski definition) is 3. The third kappa shape index (κ3) is 4.20. The minimum absolute atomic E-state index is 0.537. The molecule has 0 aliphatic carbocycles. The molecule has 0 saturated carbocycles. The SMILES string of the molecule is CCNCc1nc(Oc2cccc(Br)c2)ccc1Cl. The number of benzene rings is 1. The molecule has 0 spiro atoms. The molecule has 0 radical (unpaired) electrons. The van der Waals surface area contributed by atoms with Crippen LogP contribution in [-0.2, 0) is 6.54 Å². The van der Waals surface area contributed by atoms with Crippen LogP contribution in [0.2, 0.25) is 5.02 Å². The molecular formula is C14H14BrClN2O. The van der Waals surface area contributed by atoms with Crippen molar-refractivity contribution in [1.29, 1.82) is 0 Å². The van der Waals surface area contributed by atoms with Crippen LogP contribution >= 0.6 is 27.5 Å². The van der Waals surface area contributed by atoms with Gasteiger partial charge in [0, 0.05) is 17.1 Å². The average Bonchev–Trinajstić information content (AvgIpc) is 2.39. The van der Waals surface area contributed by atoms with Gasteiger partial charge in [-0.2, -0.15) is 0 Å². The van der Waals surface area contributed by atoms with Gasteiger partial charge in [0.1, 0.15) is 5.75 Å². The van der Waals surface area contributed by atoms with Gasteiger partial charge in [0.05, 0.1) is 10.7 Å². The molecule has 1 aromatic carbocycles. The van der Waals surface area contributed by atoms with Gasteiger partial charge < -0.3 is 10.1 Å². The maximum atomic E-state index is 6.09. The topological polar surface area (TPSA) is 34.2 Å². The lowest BCUT2D eigenvalue weighted by atomic mass is 10.3. The zero-order valence-electron chi connectivity index (χ0n) is 10.5. The smallest absolute Gasteiger partial charge is 0.219 e. The zero-order valence-corrected chi connectivity index (χ0v) is 12.8. The van der Waals surface area contributed by atoms with Crippen molar-refractivity contribution in [2.45, 2.75) is 13.5 Å².